The van der Waals surface area contributed by atoms with Crippen LogP contribution in [0.5, 0.6) is 11.6 Å². The number of benzene rings is 1. The van der Waals surface area contributed by atoms with Gasteiger partial charge in [-0.05, 0) is 29.7 Å². The van der Waals surface area contributed by atoms with E-state index in [0.29, 0.717) is 25.6 Å². The highest BCUT2D eigenvalue weighted by Gasteiger charge is 2.12. The third-order valence-corrected chi connectivity index (χ3v) is 4.51. The zero-order chi connectivity index (χ0) is 19.6. The van der Waals surface area contributed by atoms with Gasteiger partial charge in [0.25, 0.3) is 0 Å². The number of halogens is 1. The van der Waals surface area contributed by atoms with Gasteiger partial charge < -0.3 is 24.8 Å². The summed E-state index contributed by atoms with van der Waals surface area (Å²) < 4.78 is 16.3. The Labute approximate surface area is 189 Å². The van der Waals surface area contributed by atoms with Gasteiger partial charge >= 0.3 is 0 Å². The summed E-state index contributed by atoms with van der Waals surface area (Å²) >= 11 is 0. The van der Waals surface area contributed by atoms with Crippen molar-refractivity contribution in [1.82, 2.24) is 15.6 Å². The first-order valence-corrected chi connectivity index (χ1v) is 9.55. The average molecular weight is 512 g/mol. The largest absolute Gasteiger partial charge is 0.493 e. The third kappa shape index (κ3) is 7.04. The minimum Gasteiger partial charge on any atom is -0.493 e. The van der Waals surface area contributed by atoms with Crippen molar-refractivity contribution < 1.29 is 14.2 Å². The number of ether oxygens (including phenoxy) is 3. The van der Waals surface area contributed by atoms with Gasteiger partial charge in [-0.3, -0.25) is 4.99 Å². The zero-order valence-corrected chi connectivity index (χ0v) is 19.3. The summed E-state index contributed by atoms with van der Waals surface area (Å²) in [6.07, 6.45) is 3.65. The first-order valence-electron chi connectivity index (χ1n) is 9.55. The molecule has 0 saturated heterocycles. The summed E-state index contributed by atoms with van der Waals surface area (Å²) in [6.45, 7) is 3.16. The molecular formula is C21H29IN4O3. The van der Waals surface area contributed by atoms with Gasteiger partial charge in [-0.15, -0.1) is 24.0 Å². The molecular weight excluding hydrogens is 483 g/mol. The molecule has 1 aliphatic rings. The second kappa shape index (κ2) is 12.5. The van der Waals surface area contributed by atoms with Crippen LogP contribution in [0.25, 0.3) is 0 Å². The fraction of sp³-hybridized carbons (Fsp3) is 0.429. The standard InChI is InChI=1S/C21H28N4O3.HI/c1-22-21(24-10-7-16-5-6-19-17(14-16)8-11-27-19)25-15-18-4-3-9-23-20(18)28-13-12-26-2;/h3-6,9,14H,7-8,10-13,15H2,1-2H3,(H2,22,24,25);1H. The molecule has 0 aliphatic carbocycles. The van der Waals surface area contributed by atoms with Gasteiger partial charge in [0.15, 0.2) is 5.96 Å². The highest BCUT2D eigenvalue weighted by Crippen LogP contribution is 2.25. The minimum atomic E-state index is 0. The minimum absolute atomic E-state index is 0. The molecule has 158 valence electrons. The Balaban J connectivity index is 0.00000300. The molecule has 1 aliphatic heterocycles. The molecule has 0 unspecified atom stereocenters. The molecule has 1 aromatic heterocycles. The number of pyridine rings is 1. The smallest absolute Gasteiger partial charge is 0.218 e. The van der Waals surface area contributed by atoms with Crippen molar-refractivity contribution >= 4 is 29.9 Å². The molecule has 8 heteroatoms. The number of rotatable bonds is 9. The van der Waals surface area contributed by atoms with Crippen LogP contribution < -0.4 is 20.1 Å². The van der Waals surface area contributed by atoms with E-state index in [9.17, 15) is 0 Å². The monoisotopic (exact) mass is 512 g/mol. The van der Waals surface area contributed by atoms with E-state index in [1.165, 1.54) is 11.1 Å². The van der Waals surface area contributed by atoms with Crippen molar-refractivity contribution in [3.8, 4) is 11.6 Å². The van der Waals surface area contributed by atoms with Gasteiger partial charge in [0, 0.05) is 45.4 Å². The number of hydrogen-bond donors (Lipinski definition) is 2. The van der Waals surface area contributed by atoms with Gasteiger partial charge in [0.1, 0.15) is 12.4 Å². The quantitative estimate of drug-likeness (QED) is 0.233. The maximum atomic E-state index is 5.67. The summed E-state index contributed by atoms with van der Waals surface area (Å²) in [5.74, 6) is 2.38. The number of guanidine groups is 1. The van der Waals surface area contributed by atoms with Crippen molar-refractivity contribution in [2.24, 2.45) is 4.99 Å². The lowest BCUT2D eigenvalue weighted by molar-refractivity contribution is 0.143. The number of aliphatic imine (C=N–C) groups is 1. The SMILES string of the molecule is CN=C(NCCc1ccc2c(c1)CCO2)NCc1cccnc1OCCOC.I. The Hall–Kier alpha value is -2.07. The van der Waals surface area contributed by atoms with Gasteiger partial charge in [0.2, 0.25) is 5.88 Å². The molecule has 2 heterocycles. The van der Waals surface area contributed by atoms with Crippen LogP contribution in [0.1, 0.15) is 16.7 Å². The Morgan fingerprint density at radius 2 is 2.14 bits per heavy atom. The first kappa shape index (κ1) is 23.2. The van der Waals surface area contributed by atoms with Crippen molar-refractivity contribution in [3.63, 3.8) is 0 Å². The molecule has 2 aromatic rings. The number of fused-ring (bicyclic) bond motifs is 1. The number of aromatic nitrogens is 1. The first-order chi connectivity index (χ1) is 13.8. The van der Waals surface area contributed by atoms with Crippen LogP contribution in [-0.4, -0.2) is 51.5 Å². The maximum Gasteiger partial charge on any atom is 0.218 e. The molecule has 0 spiro atoms. The second-order valence-corrected chi connectivity index (χ2v) is 6.45. The molecule has 0 fully saturated rings. The number of methoxy groups -OCH3 is 1. The lowest BCUT2D eigenvalue weighted by Gasteiger charge is -2.14. The van der Waals surface area contributed by atoms with E-state index in [0.717, 1.165) is 43.3 Å². The van der Waals surface area contributed by atoms with Crippen molar-refractivity contribution in [1.29, 1.82) is 0 Å². The van der Waals surface area contributed by atoms with Gasteiger partial charge in [-0.2, -0.15) is 0 Å². The van der Waals surface area contributed by atoms with Gasteiger partial charge in [-0.25, -0.2) is 4.98 Å². The molecule has 0 bridgehead atoms. The highest BCUT2D eigenvalue weighted by atomic mass is 127. The van der Waals surface area contributed by atoms with Crippen molar-refractivity contribution in [3.05, 3.63) is 53.2 Å². The van der Waals surface area contributed by atoms with Crippen LogP contribution >= 0.6 is 24.0 Å². The van der Waals surface area contributed by atoms with Crippen molar-refractivity contribution in [2.75, 3.05) is 40.5 Å². The topological polar surface area (TPSA) is 77.0 Å². The molecule has 2 N–H and O–H groups in total. The summed E-state index contributed by atoms with van der Waals surface area (Å²) in [5, 5.41) is 6.67. The Kier molecular flexibility index (Phi) is 9.99. The Bertz CT molecular complexity index is 801. The van der Waals surface area contributed by atoms with Crippen LogP contribution in [0.3, 0.4) is 0 Å². The number of nitrogens with zero attached hydrogens (tertiary/aromatic N) is 2. The third-order valence-electron chi connectivity index (χ3n) is 4.51. The fourth-order valence-electron chi connectivity index (χ4n) is 3.03. The van der Waals surface area contributed by atoms with Gasteiger partial charge in [0.05, 0.1) is 13.2 Å². The van der Waals surface area contributed by atoms with Crippen LogP contribution in [0, 0.1) is 0 Å². The predicted octanol–water partition coefficient (Wildman–Crippen LogP) is 2.57. The van der Waals surface area contributed by atoms with E-state index in [1.54, 1.807) is 20.4 Å². The number of hydrogen-bond acceptors (Lipinski definition) is 5. The average Bonchev–Trinajstić information content (AvgIpc) is 3.19. The number of nitrogens with one attached hydrogen (secondary N) is 2. The second-order valence-electron chi connectivity index (χ2n) is 6.45. The van der Waals surface area contributed by atoms with E-state index in [1.807, 2.05) is 12.1 Å². The molecule has 0 amide bonds. The summed E-state index contributed by atoms with van der Waals surface area (Å²) in [5.41, 5.74) is 3.58. The van der Waals surface area contributed by atoms with Gasteiger partial charge in [-0.1, -0.05) is 18.2 Å². The summed E-state index contributed by atoms with van der Waals surface area (Å²) in [4.78, 5) is 8.59. The molecule has 29 heavy (non-hydrogen) atoms. The molecule has 0 radical (unpaired) electrons. The lowest BCUT2D eigenvalue weighted by atomic mass is 10.1. The maximum absolute atomic E-state index is 5.67. The van der Waals surface area contributed by atoms with Crippen LogP contribution in [0.2, 0.25) is 0 Å². The summed E-state index contributed by atoms with van der Waals surface area (Å²) in [7, 11) is 3.41. The Morgan fingerprint density at radius 1 is 1.24 bits per heavy atom. The van der Waals surface area contributed by atoms with E-state index < -0.39 is 0 Å². The normalized spacial score (nSPS) is 12.6. The van der Waals surface area contributed by atoms with Crippen LogP contribution in [0.4, 0.5) is 0 Å². The zero-order valence-electron chi connectivity index (χ0n) is 16.9. The molecule has 7 nitrogen and oxygen atoms in total. The van der Waals surface area contributed by atoms with Crippen LogP contribution in [0.15, 0.2) is 41.5 Å². The molecule has 0 saturated carbocycles. The van der Waals surface area contributed by atoms with Crippen LogP contribution in [-0.2, 0) is 24.1 Å². The molecule has 3 rings (SSSR count). The van der Waals surface area contributed by atoms with E-state index >= 15 is 0 Å². The van der Waals surface area contributed by atoms with E-state index in [2.05, 4.69) is 38.8 Å². The Morgan fingerprint density at radius 3 is 2.97 bits per heavy atom. The van der Waals surface area contributed by atoms with E-state index in [4.69, 9.17) is 14.2 Å². The molecule has 0 atom stereocenters. The highest BCUT2D eigenvalue weighted by molar-refractivity contribution is 14.0. The predicted molar refractivity (Wildman–Crippen MR) is 125 cm³/mol. The lowest BCUT2D eigenvalue weighted by Crippen LogP contribution is -2.38. The summed E-state index contributed by atoms with van der Waals surface area (Å²) in [6, 6.07) is 10.3. The van der Waals surface area contributed by atoms with E-state index in [-0.39, 0.29) is 24.0 Å². The molecule has 1 aromatic carbocycles. The fourth-order valence-corrected chi connectivity index (χ4v) is 3.03. The van der Waals surface area contributed by atoms with Crippen molar-refractivity contribution in [2.45, 2.75) is 19.4 Å².